The number of benzene rings is 1. The van der Waals surface area contributed by atoms with E-state index in [9.17, 15) is 20.0 Å². The average molecular weight is 422 g/mol. The second-order valence-corrected chi connectivity index (χ2v) is 10.7. The van der Waals surface area contributed by atoms with Gasteiger partial charge in [-0.15, -0.1) is 0 Å². The van der Waals surface area contributed by atoms with Gasteiger partial charge >= 0.3 is 0 Å². The maximum absolute atomic E-state index is 13.5. The summed E-state index contributed by atoms with van der Waals surface area (Å²) in [5, 5.41) is 21.1. The Morgan fingerprint density at radius 2 is 1.77 bits per heavy atom. The third-order valence-corrected chi connectivity index (χ3v) is 9.16. The Labute approximate surface area is 183 Å². The zero-order valence-corrected chi connectivity index (χ0v) is 18.3. The van der Waals surface area contributed by atoms with Crippen LogP contribution in [0.2, 0.25) is 0 Å². The smallest absolute Gasteiger partial charge is 0.269 e. The molecular weight excluding hydrogens is 390 g/mol. The minimum absolute atomic E-state index is 0.0685. The molecule has 4 aliphatic carbocycles. The number of allylic oxidation sites excluding steroid dienone is 2. The lowest BCUT2D eigenvalue weighted by Crippen LogP contribution is -2.50. The average Bonchev–Trinajstić information content (AvgIpc) is 2.99. The summed E-state index contributed by atoms with van der Waals surface area (Å²) in [4.78, 5) is 24.0. The predicted octanol–water partition coefficient (Wildman–Crippen LogP) is 5.48. The molecule has 0 amide bonds. The molecule has 5 nitrogen and oxygen atoms in total. The van der Waals surface area contributed by atoms with E-state index in [4.69, 9.17) is 0 Å². The van der Waals surface area contributed by atoms with Crippen LogP contribution in [0.4, 0.5) is 5.69 Å². The third-order valence-electron chi connectivity index (χ3n) is 9.16. The van der Waals surface area contributed by atoms with Crippen molar-refractivity contribution in [2.45, 2.75) is 64.9 Å². The number of nitrogens with zero attached hydrogens (tertiary/aromatic N) is 1. The van der Waals surface area contributed by atoms with E-state index in [2.05, 4.69) is 19.9 Å². The van der Waals surface area contributed by atoms with E-state index in [1.165, 1.54) is 17.7 Å². The van der Waals surface area contributed by atoms with E-state index in [-0.39, 0.29) is 28.4 Å². The summed E-state index contributed by atoms with van der Waals surface area (Å²) in [6, 6.07) is 6.47. The molecule has 31 heavy (non-hydrogen) atoms. The van der Waals surface area contributed by atoms with E-state index in [1.54, 1.807) is 12.1 Å². The lowest BCUT2D eigenvalue weighted by molar-refractivity contribution is -0.384. The molecule has 0 aliphatic heterocycles. The zero-order valence-electron chi connectivity index (χ0n) is 18.3. The van der Waals surface area contributed by atoms with Gasteiger partial charge in [0, 0.05) is 17.5 Å². The van der Waals surface area contributed by atoms with Crippen LogP contribution in [0.1, 0.15) is 64.4 Å². The van der Waals surface area contributed by atoms with Gasteiger partial charge in [-0.25, -0.2) is 0 Å². The van der Waals surface area contributed by atoms with Crippen molar-refractivity contribution in [2.24, 2.45) is 28.6 Å². The van der Waals surface area contributed by atoms with Crippen molar-refractivity contribution in [2.75, 3.05) is 0 Å². The van der Waals surface area contributed by atoms with E-state index < -0.39 is 4.92 Å². The Morgan fingerprint density at radius 3 is 2.48 bits per heavy atom. The largest absolute Gasteiger partial charge is 0.393 e. The number of nitro benzene ring substituents is 1. The molecule has 1 aromatic carbocycles. The van der Waals surface area contributed by atoms with Crippen molar-refractivity contribution in [3.63, 3.8) is 0 Å². The summed E-state index contributed by atoms with van der Waals surface area (Å²) in [5.74, 6) is 1.72. The fourth-order valence-corrected chi connectivity index (χ4v) is 7.33. The number of hydrogen-bond donors (Lipinski definition) is 1. The van der Waals surface area contributed by atoms with E-state index >= 15 is 0 Å². The minimum Gasteiger partial charge on any atom is -0.393 e. The summed E-state index contributed by atoms with van der Waals surface area (Å²) in [6.45, 7) is 4.56. The Kier molecular flexibility index (Phi) is 4.74. The van der Waals surface area contributed by atoms with Gasteiger partial charge in [0.25, 0.3) is 5.69 Å². The van der Waals surface area contributed by atoms with Crippen molar-refractivity contribution >= 4 is 17.5 Å². The molecule has 6 atom stereocenters. The standard InChI is InChI=1S/C26H31NO4/c1-25-11-9-20(28)15-18(25)5-8-21-22(25)10-12-26(2)23(21)14-17(24(26)29)13-16-3-6-19(7-4-16)27(30)31/h3-7,13,20-23,28H,8-12,14-15H2,1-2H3/b17-13+. The number of fused-ring (bicyclic) bond motifs is 5. The molecule has 5 rings (SSSR count). The monoisotopic (exact) mass is 421 g/mol. The molecule has 1 aromatic rings. The molecule has 1 N–H and O–H groups in total. The van der Waals surface area contributed by atoms with Gasteiger partial charge in [0.05, 0.1) is 11.0 Å². The van der Waals surface area contributed by atoms with Gasteiger partial charge in [0.1, 0.15) is 0 Å². The van der Waals surface area contributed by atoms with Gasteiger partial charge < -0.3 is 5.11 Å². The Hall–Kier alpha value is -2.27. The highest BCUT2D eigenvalue weighted by atomic mass is 16.6. The van der Waals surface area contributed by atoms with Crippen LogP contribution in [-0.2, 0) is 4.79 Å². The molecule has 0 radical (unpaired) electrons. The highest BCUT2D eigenvalue weighted by Gasteiger charge is 2.59. The predicted molar refractivity (Wildman–Crippen MR) is 119 cm³/mol. The quantitative estimate of drug-likeness (QED) is 0.297. The van der Waals surface area contributed by atoms with Crippen LogP contribution in [-0.4, -0.2) is 21.9 Å². The first-order valence-corrected chi connectivity index (χ1v) is 11.6. The van der Waals surface area contributed by atoms with Crippen LogP contribution in [0, 0.1) is 38.7 Å². The number of non-ortho nitro benzene ring substituents is 1. The number of aliphatic hydroxyl groups is 1. The molecule has 0 heterocycles. The topological polar surface area (TPSA) is 80.4 Å². The molecule has 3 saturated carbocycles. The number of nitro groups is 1. The molecule has 164 valence electrons. The molecule has 4 aliphatic rings. The fraction of sp³-hybridized carbons (Fsp3) is 0.577. The Balaban J connectivity index is 1.44. The maximum atomic E-state index is 13.5. The fourth-order valence-electron chi connectivity index (χ4n) is 7.33. The zero-order chi connectivity index (χ0) is 22.0. The molecule has 0 bridgehead atoms. The molecule has 6 unspecified atom stereocenters. The number of rotatable bonds is 2. The third kappa shape index (κ3) is 3.12. The molecule has 0 saturated heterocycles. The van der Waals surface area contributed by atoms with Crippen molar-refractivity contribution in [1.82, 2.24) is 0 Å². The van der Waals surface area contributed by atoms with Gasteiger partial charge in [-0.1, -0.05) is 25.5 Å². The van der Waals surface area contributed by atoms with Crippen molar-refractivity contribution in [1.29, 1.82) is 0 Å². The maximum Gasteiger partial charge on any atom is 0.269 e. The highest BCUT2D eigenvalue weighted by Crippen LogP contribution is 2.64. The van der Waals surface area contributed by atoms with Crippen molar-refractivity contribution < 1.29 is 14.8 Å². The van der Waals surface area contributed by atoms with E-state index in [0.717, 1.165) is 56.1 Å². The summed E-state index contributed by atoms with van der Waals surface area (Å²) >= 11 is 0. The molecular formula is C26H31NO4. The molecule has 0 spiro atoms. The van der Waals surface area contributed by atoms with Gasteiger partial charge in [0.2, 0.25) is 0 Å². The van der Waals surface area contributed by atoms with Crippen LogP contribution in [0.5, 0.6) is 0 Å². The van der Waals surface area contributed by atoms with Gasteiger partial charge in [0.15, 0.2) is 5.78 Å². The molecule has 5 heteroatoms. The number of hydrogen-bond acceptors (Lipinski definition) is 4. The van der Waals surface area contributed by atoms with Gasteiger partial charge in [-0.3, -0.25) is 14.9 Å². The number of carbonyl (C=O) groups excluding carboxylic acids is 1. The number of aliphatic hydroxyl groups excluding tert-OH is 1. The summed E-state index contributed by atoms with van der Waals surface area (Å²) in [7, 11) is 0. The summed E-state index contributed by atoms with van der Waals surface area (Å²) in [6.07, 6.45) is 10.7. The first-order valence-electron chi connectivity index (χ1n) is 11.6. The Bertz CT molecular complexity index is 993. The lowest BCUT2D eigenvalue weighted by atomic mass is 9.48. The van der Waals surface area contributed by atoms with Crippen molar-refractivity contribution in [3.05, 3.63) is 57.2 Å². The summed E-state index contributed by atoms with van der Waals surface area (Å²) < 4.78 is 0. The molecule has 0 aromatic heterocycles. The van der Waals surface area contributed by atoms with Crippen LogP contribution >= 0.6 is 0 Å². The number of carbonyl (C=O) groups is 1. The van der Waals surface area contributed by atoms with Crippen LogP contribution in [0.3, 0.4) is 0 Å². The lowest BCUT2D eigenvalue weighted by Gasteiger charge is -2.56. The van der Waals surface area contributed by atoms with E-state index in [0.29, 0.717) is 17.8 Å². The van der Waals surface area contributed by atoms with E-state index in [1.807, 2.05) is 6.08 Å². The second kappa shape index (κ2) is 7.13. The number of Topliss-reactive ketones (excluding diaryl/α,β-unsaturated/α-hetero) is 1. The normalized spacial score (nSPS) is 40.7. The number of ketones is 1. The Morgan fingerprint density at radius 1 is 1.06 bits per heavy atom. The van der Waals surface area contributed by atoms with Crippen molar-refractivity contribution in [3.8, 4) is 0 Å². The summed E-state index contributed by atoms with van der Waals surface area (Å²) in [5.41, 5.74) is 3.11. The first-order chi connectivity index (χ1) is 14.7. The van der Waals surface area contributed by atoms with Gasteiger partial charge in [-0.2, -0.15) is 0 Å². The second-order valence-electron chi connectivity index (χ2n) is 10.7. The minimum atomic E-state index is -0.400. The SMILES string of the molecule is CC12CCC3C(CC=C4CC(O)CCC43C)C1C/C(=C\c1ccc([N+](=O)[O-])cc1)C2=O. The highest BCUT2D eigenvalue weighted by molar-refractivity contribution is 6.06. The first kappa shape index (κ1) is 20.6. The van der Waals surface area contributed by atoms with Crippen LogP contribution in [0.15, 0.2) is 41.5 Å². The van der Waals surface area contributed by atoms with Gasteiger partial charge in [-0.05, 0) is 97.5 Å². The van der Waals surface area contributed by atoms with Crippen LogP contribution in [0.25, 0.3) is 6.08 Å². The molecule has 3 fully saturated rings. The van der Waals surface area contributed by atoms with Crippen LogP contribution < -0.4 is 0 Å².